The molecule has 6 heteroatoms. The van der Waals surface area contributed by atoms with Crippen LogP contribution in [0.5, 0.6) is 0 Å². The van der Waals surface area contributed by atoms with Crippen molar-refractivity contribution < 1.29 is 13.5 Å². The molecule has 0 amide bonds. The molecule has 5 nitrogen and oxygen atoms in total. The van der Waals surface area contributed by atoms with E-state index in [0.29, 0.717) is 24.7 Å². The summed E-state index contributed by atoms with van der Waals surface area (Å²) in [6, 6.07) is 7.31. The minimum atomic E-state index is -3.45. The molecule has 2 aliphatic rings. The SMILES string of the molecule is CC(O)c1cccc(S(=O)(=O)N2CCN(C3CC3)CC2)c1. The number of sulfonamides is 1. The lowest BCUT2D eigenvalue weighted by Gasteiger charge is -2.34. The highest BCUT2D eigenvalue weighted by Crippen LogP contribution is 2.29. The van der Waals surface area contributed by atoms with Crippen LogP contribution in [0.4, 0.5) is 0 Å². The van der Waals surface area contributed by atoms with Gasteiger partial charge in [-0.1, -0.05) is 12.1 Å². The quantitative estimate of drug-likeness (QED) is 0.908. The first kappa shape index (κ1) is 15.0. The van der Waals surface area contributed by atoms with Gasteiger partial charge in [-0.05, 0) is 37.5 Å². The molecule has 1 saturated carbocycles. The minimum absolute atomic E-state index is 0.278. The predicted octanol–water partition coefficient (Wildman–Crippen LogP) is 1.21. The Morgan fingerprint density at radius 1 is 1.19 bits per heavy atom. The highest BCUT2D eigenvalue weighted by molar-refractivity contribution is 7.89. The van der Waals surface area contributed by atoms with Crippen molar-refractivity contribution in [3.05, 3.63) is 29.8 Å². The lowest BCUT2D eigenvalue weighted by molar-refractivity contribution is 0.180. The Morgan fingerprint density at radius 3 is 2.43 bits per heavy atom. The number of hydrogen-bond donors (Lipinski definition) is 1. The van der Waals surface area contributed by atoms with Crippen molar-refractivity contribution in [2.24, 2.45) is 0 Å². The van der Waals surface area contributed by atoms with Gasteiger partial charge >= 0.3 is 0 Å². The molecular weight excluding hydrogens is 288 g/mol. The zero-order valence-corrected chi connectivity index (χ0v) is 13.1. The minimum Gasteiger partial charge on any atom is -0.389 e. The average Bonchev–Trinajstić information content (AvgIpc) is 3.32. The van der Waals surface area contributed by atoms with Gasteiger partial charge in [0.1, 0.15) is 0 Å². The number of hydrogen-bond acceptors (Lipinski definition) is 4. The Bertz CT molecular complexity index is 603. The Labute approximate surface area is 126 Å². The molecule has 21 heavy (non-hydrogen) atoms. The molecular formula is C15H22N2O3S. The maximum absolute atomic E-state index is 12.7. The molecule has 1 aliphatic carbocycles. The number of rotatable bonds is 4. The fourth-order valence-electron chi connectivity index (χ4n) is 2.83. The van der Waals surface area contributed by atoms with E-state index in [1.54, 1.807) is 35.5 Å². The van der Waals surface area contributed by atoms with Gasteiger partial charge in [0.15, 0.2) is 0 Å². The summed E-state index contributed by atoms with van der Waals surface area (Å²) in [6.45, 7) is 4.38. The van der Waals surface area contributed by atoms with Crippen LogP contribution in [-0.4, -0.2) is 55.0 Å². The summed E-state index contributed by atoms with van der Waals surface area (Å²) in [5.74, 6) is 0. The van der Waals surface area contributed by atoms with Crippen molar-refractivity contribution in [3.8, 4) is 0 Å². The highest BCUT2D eigenvalue weighted by Gasteiger charge is 2.34. The standard InChI is InChI=1S/C15H22N2O3S/c1-12(18)13-3-2-4-15(11-13)21(19,20)17-9-7-16(8-10-17)14-5-6-14/h2-4,11-12,14,18H,5-10H2,1H3. The number of benzene rings is 1. The molecule has 3 rings (SSSR count). The molecule has 1 heterocycles. The zero-order chi connectivity index (χ0) is 15.0. The van der Waals surface area contributed by atoms with Crippen LogP contribution in [0.15, 0.2) is 29.2 Å². The molecule has 1 aromatic carbocycles. The molecule has 1 N–H and O–H groups in total. The Kier molecular flexibility index (Phi) is 4.05. The first-order valence-electron chi connectivity index (χ1n) is 7.51. The molecule has 1 aromatic rings. The van der Waals surface area contributed by atoms with Gasteiger partial charge in [-0.2, -0.15) is 4.31 Å². The number of nitrogens with zero attached hydrogens (tertiary/aromatic N) is 2. The number of aliphatic hydroxyl groups excluding tert-OH is 1. The summed E-state index contributed by atoms with van der Waals surface area (Å²) >= 11 is 0. The van der Waals surface area contributed by atoms with Gasteiger partial charge in [-0.15, -0.1) is 0 Å². The van der Waals surface area contributed by atoms with Crippen LogP contribution in [0.1, 0.15) is 31.4 Å². The van der Waals surface area contributed by atoms with E-state index in [0.717, 1.165) is 13.1 Å². The van der Waals surface area contributed by atoms with E-state index in [2.05, 4.69) is 4.90 Å². The Balaban J connectivity index is 1.75. The summed E-state index contributed by atoms with van der Waals surface area (Å²) in [5.41, 5.74) is 0.632. The lowest BCUT2D eigenvalue weighted by atomic mass is 10.1. The van der Waals surface area contributed by atoms with Gasteiger partial charge in [0.2, 0.25) is 10.0 Å². The van der Waals surface area contributed by atoms with E-state index in [-0.39, 0.29) is 4.90 Å². The van der Waals surface area contributed by atoms with Gasteiger partial charge < -0.3 is 5.11 Å². The topological polar surface area (TPSA) is 60.9 Å². The fraction of sp³-hybridized carbons (Fsp3) is 0.600. The third kappa shape index (κ3) is 3.13. The van der Waals surface area contributed by atoms with Crippen molar-refractivity contribution in [1.82, 2.24) is 9.21 Å². The molecule has 1 unspecified atom stereocenters. The van der Waals surface area contributed by atoms with Crippen LogP contribution in [0.3, 0.4) is 0 Å². The van der Waals surface area contributed by atoms with E-state index in [1.165, 1.54) is 12.8 Å². The normalized spacial score (nSPS) is 23.1. The zero-order valence-electron chi connectivity index (χ0n) is 12.3. The van der Waals surface area contributed by atoms with Crippen LogP contribution in [0.25, 0.3) is 0 Å². The second-order valence-electron chi connectivity index (χ2n) is 5.92. The maximum Gasteiger partial charge on any atom is 0.243 e. The molecule has 0 aromatic heterocycles. The van der Waals surface area contributed by atoms with E-state index < -0.39 is 16.1 Å². The van der Waals surface area contributed by atoms with Gasteiger partial charge in [-0.3, -0.25) is 4.90 Å². The van der Waals surface area contributed by atoms with Gasteiger partial charge in [0.05, 0.1) is 11.0 Å². The number of piperazine rings is 1. The summed E-state index contributed by atoms with van der Waals surface area (Å²) in [6.07, 6.45) is 1.85. The lowest BCUT2D eigenvalue weighted by Crippen LogP contribution is -2.49. The molecule has 1 atom stereocenters. The summed E-state index contributed by atoms with van der Waals surface area (Å²) in [4.78, 5) is 2.67. The third-order valence-corrected chi connectivity index (χ3v) is 6.21. The molecule has 0 bridgehead atoms. The van der Waals surface area contributed by atoms with Crippen molar-refractivity contribution in [2.75, 3.05) is 26.2 Å². The Morgan fingerprint density at radius 2 is 1.86 bits per heavy atom. The largest absolute Gasteiger partial charge is 0.389 e. The van der Waals surface area contributed by atoms with Crippen molar-refractivity contribution in [1.29, 1.82) is 0 Å². The average molecular weight is 310 g/mol. The molecule has 1 aliphatic heterocycles. The van der Waals surface area contributed by atoms with E-state index in [1.807, 2.05) is 0 Å². The summed E-state index contributed by atoms with van der Waals surface area (Å²) < 4.78 is 26.9. The van der Waals surface area contributed by atoms with Crippen LogP contribution < -0.4 is 0 Å². The van der Waals surface area contributed by atoms with Gasteiger partial charge in [0, 0.05) is 32.2 Å². The second kappa shape index (κ2) is 5.68. The van der Waals surface area contributed by atoms with Gasteiger partial charge in [-0.25, -0.2) is 8.42 Å². The van der Waals surface area contributed by atoms with E-state index in [9.17, 15) is 13.5 Å². The predicted molar refractivity (Wildman–Crippen MR) is 80.4 cm³/mol. The van der Waals surface area contributed by atoms with Gasteiger partial charge in [0.25, 0.3) is 0 Å². The van der Waals surface area contributed by atoms with Crippen LogP contribution in [-0.2, 0) is 10.0 Å². The van der Waals surface area contributed by atoms with Crippen molar-refractivity contribution >= 4 is 10.0 Å². The first-order chi connectivity index (χ1) is 9.98. The highest BCUT2D eigenvalue weighted by atomic mass is 32.2. The second-order valence-corrected chi connectivity index (χ2v) is 7.86. The van der Waals surface area contributed by atoms with Crippen LogP contribution in [0.2, 0.25) is 0 Å². The van der Waals surface area contributed by atoms with E-state index in [4.69, 9.17) is 0 Å². The molecule has 1 saturated heterocycles. The Hall–Kier alpha value is -0.950. The maximum atomic E-state index is 12.7. The monoisotopic (exact) mass is 310 g/mol. The number of aliphatic hydroxyl groups is 1. The summed E-state index contributed by atoms with van der Waals surface area (Å²) in [7, 11) is -3.45. The van der Waals surface area contributed by atoms with Crippen molar-refractivity contribution in [3.63, 3.8) is 0 Å². The fourth-order valence-corrected chi connectivity index (χ4v) is 4.31. The smallest absolute Gasteiger partial charge is 0.243 e. The van der Waals surface area contributed by atoms with Crippen LogP contribution in [0, 0.1) is 0 Å². The van der Waals surface area contributed by atoms with E-state index >= 15 is 0 Å². The summed E-state index contributed by atoms with van der Waals surface area (Å²) in [5, 5.41) is 9.61. The third-order valence-electron chi connectivity index (χ3n) is 4.31. The first-order valence-corrected chi connectivity index (χ1v) is 8.95. The molecule has 0 spiro atoms. The van der Waals surface area contributed by atoms with Crippen molar-refractivity contribution in [2.45, 2.75) is 36.8 Å². The molecule has 0 radical (unpaired) electrons. The molecule has 2 fully saturated rings. The molecule has 116 valence electrons. The van der Waals surface area contributed by atoms with Crippen LogP contribution >= 0.6 is 0 Å².